The normalized spacial score (nSPS) is 14.9. The number of likely N-dealkylation sites (tertiary alicyclic amines) is 1. The van der Waals surface area contributed by atoms with E-state index in [2.05, 4.69) is 73.6 Å². The van der Waals surface area contributed by atoms with Gasteiger partial charge in [-0.25, -0.2) is 9.97 Å². The Hall–Kier alpha value is -2.77. The molecule has 1 fully saturated rings. The van der Waals surface area contributed by atoms with Crippen LogP contribution in [0.5, 0.6) is 11.5 Å². The maximum absolute atomic E-state index is 13.2. The summed E-state index contributed by atoms with van der Waals surface area (Å²) in [7, 11) is 8.17. The average molecular weight is 791 g/mol. The van der Waals surface area contributed by atoms with Gasteiger partial charge in [-0.05, 0) is 89.3 Å². The van der Waals surface area contributed by atoms with E-state index in [1.807, 2.05) is 28.2 Å². The first-order chi connectivity index (χ1) is 23.0. The van der Waals surface area contributed by atoms with Gasteiger partial charge in [0.2, 0.25) is 0 Å². The van der Waals surface area contributed by atoms with Crippen LogP contribution in [0.2, 0.25) is 5.15 Å². The number of piperidine rings is 1. The predicted molar refractivity (Wildman–Crippen MR) is 208 cm³/mol. The average Bonchev–Trinajstić information content (AvgIpc) is 3.04. The number of halogens is 4. The van der Waals surface area contributed by atoms with E-state index in [-0.39, 0.29) is 71.7 Å². The molecular weight excluding hydrogens is 734 g/mol. The second-order valence-corrected chi connectivity index (χ2v) is 13.8. The standard InChI is InChI=1S/C36H53ClN8O3.3ClH/c1-43(2)19-24-47-30-15-11-27(12-16-30)8-5-21-45(22-6-9-28-13-17-31(18-14-28)48-25-20-44(3)4)23-7-10-29(26-45)40-36(46)32-34(38)42-35(39)33(37)41-32;;;/h11-18,29H,5-10,19-26H2,1-4H3,(H4-,38,39,40,42,46);3*1H. The minimum absolute atomic E-state index is 0. The topological polar surface area (TPSA) is 132 Å². The van der Waals surface area contributed by atoms with Crippen molar-refractivity contribution in [2.75, 3.05) is 92.1 Å². The third-order valence-electron chi connectivity index (χ3n) is 8.90. The number of ether oxygens (including phenoxy) is 2. The summed E-state index contributed by atoms with van der Waals surface area (Å²) < 4.78 is 12.7. The molecule has 0 saturated carbocycles. The summed E-state index contributed by atoms with van der Waals surface area (Å²) in [6.45, 7) is 7.09. The van der Waals surface area contributed by atoms with Gasteiger partial charge in [-0.1, -0.05) is 35.9 Å². The highest BCUT2D eigenvalue weighted by Crippen LogP contribution is 2.25. The Labute approximate surface area is 327 Å². The summed E-state index contributed by atoms with van der Waals surface area (Å²) in [5.74, 6) is 1.43. The second kappa shape index (κ2) is 23.0. The molecule has 5 N–H and O–H groups in total. The third kappa shape index (κ3) is 15.4. The molecule has 51 heavy (non-hydrogen) atoms. The van der Waals surface area contributed by atoms with E-state index in [1.165, 1.54) is 11.1 Å². The highest BCUT2D eigenvalue weighted by molar-refractivity contribution is 6.31. The van der Waals surface area contributed by atoms with Crippen LogP contribution in [-0.2, 0) is 12.8 Å². The van der Waals surface area contributed by atoms with Crippen molar-refractivity contribution in [3.05, 3.63) is 70.5 Å². The summed E-state index contributed by atoms with van der Waals surface area (Å²) >= 11 is 6.06. The molecule has 0 bridgehead atoms. The number of amides is 1. The van der Waals surface area contributed by atoms with Crippen molar-refractivity contribution in [2.45, 2.75) is 44.6 Å². The van der Waals surface area contributed by atoms with Crippen molar-refractivity contribution in [3.63, 3.8) is 0 Å². The Morgan fingerprint density at radius 3 is 1.80 bits per heavy atom. The quantitative estimate of drug-likeness (QED) is 0.166. The Morgan fingerprint density at radius 1 is 0.843 bits per heavy atom. The first-order valence-electron chi connectivity index (χ1n) is 17.0. The summed E-state index contributed by atoms with van der Waals surface area (Å²) in [4.78, 5) is 25.6. The van der Waals surface area contributed by atoms with Crippen LogP contribution in [0.25, 0.3) is 0 Å². The van der Waals surface area contributed by atoms with E-state index in [1.54, 1.807) is 0 Å². The summed E-state index contributed by atoms with van der Waals surface area (Å²) in [5.41, 5.74) is 14.3. The molecule has 1 aliphatic heterocycles. The molecule has 1 aromatic heterocycles. The fourth-order valence-electron chi connectivity index (χ4n) is 6.26. The van der Waals surface area contributed by atoms with Crippen LogP contribution < -0.4 is 38.7 Å². The van der Waals surface area contributed by atoms with Crippen molar-refractivity contribution in [3.8, 4) is 11.5 Å². The zero-order valence-corrected chi connectivity index (χ0v) is 33.4. The van der Waals surface area contributed by atoms with Crippen LogP contribution in [0.1, 0.15) is 47.3 Å². The van der Waals surface area contributed by atoms with Crippen molar-refractivity contribution in [2.24, 2.45) is 0 Å². The molecule has 1 aliphatic rings. The molecule has 0 aliphatic carbocycles. The number of aromatic nitrogens is 2. The van der Waals surface area contributed by atoms with Gasteiger partial charge in [0.25, 0.3) is 5.91 Å². The first kappa shape index (κ1) is 46.3. The number of hydrogen-bond donors (Lipinski definition) is 3. The fourth-order valence-corrected chi connectivity index (χ4v) is 6.38. The number of carbonyl (C=O) groups excluding carboxylic acids is 1. The Bertz CT molecular complexity index is 1390. The monoisotopic (exact) mass is 788 g/mol. The highest BCUT2D eigenvalue weighted by Gasteiger charge is 2.35. The minimum atomic E-state index is -0.368. The van der Waals surface area contributed by atoms with Crippen molar-refractivity contribution in [1.29, 1.82) is 0 Å². The summed E-state index contributed by atoms with van der Waals surface area (Å²) in [6.07, 6.45) is 5.98. The van der Waals surface area contributed by atoms with Crippen molar-refractivity contribution in [1.82, 2.24) is 25.1 Å². The Morgan fingerprint density at radius 2 is 1.33 bits per heavy atom. The lowest BCUT2D eigenvalue weighted by Gasteiger charge is -2.45. The second-order valence-electron chi connectivity index (χ2n) is 13.4. The van der Waals surface area contributed by atoms with E-state index >= 15 is 0 Å². The van der Waals surface area contributed by atoms with Gasteiger partial charge >= 0.3 is 0 Å². The van der Waals surface area contributed by atoms with Gasteiger partial charge in [0, 0.05) is 25.9 Å². The van der Waals surface area contributed by atoms with Crippen LogP contribution in [0.15, 0.2) is 48.5 Å². The number of rotatable bonds is 18. The maximum Gasteiger partial charge on any atom is 0.274 e. The zero-order valence-electron chi connectivity index (χ0n) is 30.3. The largest absolute Gasteiger partial charge is 1.00 e. The van der Waals surface area contributed by atoms with Crippen LogP contribution in [0.4, 0.5) is 11.6 Å². The molecule has 0 spiro atoms. The van der Waals surface area contributed by atoms with Gasteiger partial charge in [0.05, 0.1) is 32.2 Å². The molecule has 1 amide bonds. The number of nitrogens with one attached hydrogen (secondary N) is 1. The lowest BCUT2D eigenvalue weighted by atomic mass is 9.99. The predicted octanol–water partition coefficient (Wildman–Crippen LogP) is 2.00. The number of anilines is 2. The van der Waals surface area contributed by atoms with Gasteiger partial charge in [-0.3, -0.25) is 4.79 Å². The van der Waals surface area contributed by atoms with Gasteiger partial charge in [0.1, 0.15) is 24.7 Å². The molecule has 15 heteroatoms. The molecule has 3 aromatic rings. The molecule has 1 atom stereocenters. The molecule has 0 radical (unpaired) electrons. The number of carbonyl (C=O) groups is 1. The molecule has 11 nitrogen and oxygen atoms in total. The Balaban J connectivity index is 0.00000433. The lowest BCUT2D eigenvalue weighted by molar-refractivity contribution is -0.933. The number of quaternary nitrogens is 1. The van der Waals surface area contributed by atoms with E-state index in [9.17, 15) is 4.79 Å². The van der Waals surface area contributed by atoms with Gasteiger partial charge < -0.3 is 52.9 Å². The van der Waals surface area contributed by atoms with Crippen LogP contribution in [0.3, 0.4) is 0 Å². The lowest BCUT2D eigenvalue weighted by Crippen LogP contribution is -3.00. The number of hydrogen-bond acceptors (Lipinski definition) is 9. The zero-order chi connectivity index (χ0) is 34.5. The third-order valence-corrected chi connectivity index (χ3v) is 9.18. The number of nitrogens with zero attached hydrogens (tertiary/aromatic N) is 5. The molecule has 2 heterocycles. The Kier molecular flexibility index (Phi) is 20.9. The SMILES string of the molecule is CN(C)CCOc1ccc(CCC[N+]2(CCCc3ccc(OCCN(C)C)cc3)CCCC(NC(=O)c3nc(Cl)c(N)nc3N)C2)cc1.Cl.Cl.[Cl-]. The smallest absolute Gasteiger partial charge is 0.274 e. The van der Waals surface area contributed by atoms with Gasteiger partial charge in [-0.15, -0.1) is 24.8 Å². The molecule has 4 rings (SSSR count). The van der Waals surface area contributed by atoms with Gasteiger partial charge in [-0.2, -0.15) is 0 Å². The van der Waals surface area contributed by atoms with E-state index in [0.29, 0.717) is 13.2 Å². The molecule has 1 unspecified atom stereocenters. The van der Waals surface area contributed by atoms with E-state index in [4.69, 9.17) is 32.5 Å². The van der Waals surface area contributed by atoms with Crippen LogP contribution in [-0.4, -0.2) is 117 Å². The molecular formula is C36H56Cl4N8O3. The minimum Gasteiger partial charge on any atom is -1.00 e. The molecule has 2 aromatic carbocycles. The fraction of sp³-hybridized carbons (Fsp3) is 0.528. The maximum atomic E-state index is 13.2. The number of likely N-dealkylation sites (N-methyl/N-ethyl adjacent to an activating group) is 2. The number of benzene rings is 2. The van der Waals surface area contributed by atoms with Crippen LogP contribution in [0, 0.1) is 0 Å². The molecule has 1 saturated heterocycles. The van der Waals surface area contributed by atoms with E-state index in [0.717, 1.165) is 93.8 Å². The van der Waals surface area contributed by atoms with Crippen molar-refractivity contribution >= 4 is 54.0 Å². The van der Waals surface area contributed by atoms with E-state index < -0.39 is 0 Å². The summed E-state index contributed by atoms with van der Waals surface area (Å²) in [5, 5.41) is 3.16. The highest BCUT2D eigenvalue weighted by atomic mass is 35.5. The first-order valence-corrected chi connectivity index (χ1v) is 17.4. The number of nitrogen functional groups attached to an aromatic ring is 2. The number of nitrogens with two attached hydrogens (primary N) is 2. The van der Waals surface area contributed by atoms with Gasteiger partial charge in [0.15, 0.2) is 22.5 Å². The summed E-state index contributed by atoms with van der Waals surface area (Å²) in [6, 6.07) is 16.9. The number of aryl methyl sites for hydroxylation is 2. The van der Waals surface area contributed by atoms with Crippen LogP contribution >= 0.6 is 36.4 Å². The van der Waals surface area contributed by atoms with Crippen molar-refractivity contribution < 1.29 is 31.2 Å². The molecule has 286 valence electrons.